The zero-order valence-electron chi connectivity index (χ0n) is 3.19. The van der Waals surface area contributed by atoms with Gasteiger partial charge in [-0.05, 0) is 15.9 Å². The molecule has 7 heavy (non-hydrogen) atoms. The first-order valence-corrected chi connectivity index (χ1v) is 3.60. The third kappa shape index (κ3) is 1.15. The number of nitrogens with zero attached hydrogens (tertiary/aromatic N) is 1. The zero-order chi connectivity index (χ0) is 5.28. The Labute approximate surface area is 58.5 Å². The molecule has 0 amide bonds. The minimum Gasteiger partial charge on any atom is -0.232 e. The minimum atomic E-state index is 0.546. The van der Waals surface area contributed by atoms with Gasteiger partial charge in [-0.1, -0.05) is 11.6 Å². The highest BCUT2D eigenvalue weighted by Gasteiger charge is 1.94. The third-order valence-corrected chi connectivity index (χ3v) is 2.66. The molecule has 0 unspecified atom stereocenters. The normalized spacial score (nSPS) is 9.43. The number of halogens is 2. The summed E-state index contributed by atoms with van der Waals surface area (Å²) in [5, 5.41) is 0.546. The minimum absolute atomic E-state index is 0.546. The van der Waals surface area contributed by atoms with Crippen molar-refractivity contribution in [3.8, 4) is 0 Å². The van der Waals surface area contributed by atoms with Crippen molar-refractivity contribution in [2.75, 3.05) is 0 Å². The van der Waals surface area contributed by atoms with Crippen molar-refractivity contribution in [2.24, 2.45) is 0 Å². The maximum Gasteiger partial charge on any atom is 0.154 e. The summed E-state index contributed by atoms with van der Waals surface area (Å²) >= 11 is 10.1. The monoisotopic (exact) mass is 197 g/mol. The van der Waals surface area contributed by atoms with Crippen LogP contribution in [0, 0.1) is 0 Å². The fourth-order valence-electron chi connectivity index (χ4n) is 0.218. The summed E-state index contributed by atoms with van der Waals surface area (Å²) in [5.74, 6) is 0. The van der Waals surface area contributed by atoms with Crippen molar-refractivity contribution in [2.45, 2.75) is 0 Å². The molecule has 4 heteroatoms. The van der Waals surface area contributed by atoms with E-state index in [1.807, 2.05) is 0 Å². The van der Waals surface area contributed by atoms with E-state index < -0.39 is 0 Å². The van der Waals surface area contributed by atoms with Crippen LogP contribution in [0.5, 0.6) is 0 Å². The van der Waals surface area contributed by atoms with Crippen molar-refractivity contribution < 1.29 is 0 Å². The van der Waals surface area contributed by atoms with Gasteiger partial charge in [0.25, 0.3) is 0 Å². The molecule has 0 fully saturated rings. The highest BCUT2D eigenvalue weighted by Crippen LogP contribution is 2.24. The molecule has 0 saturated carbocycles. The lowest BCUT2D eigenvalue weighted by Crippen LogP contribution is -1.54. The summed E-state index contributed by atoms with van der Waals surface area (Å²) in [6, 6.07) is 0. The molecular weight excluding hydrogens is 197 g/mol. The largest absolute Gasteiger partial charge is 0.232 e. The second-order valence-corrected chi connectivity index (χ2v) is 3.45. The first kappa shape index (κ1) is 5.54. The van der Waals surface area contributed by atoms with Crippen molar-refractivity contribution in [1.29, 1.82) is 0 Å². The zero-order valence-corrected chi connectivity index (χ0v) is 6.35. The van der Waals surface area contributed by atoms with Gasteiger partial charge in [0.1, 0.15) is 3.79 Å². The molecule has 38 valence electrons. The fraction of sp³-hybridized carbons (Fsp3) is 0. The second kappa shape index (κ2) is 2.11. The average Bonchev–Trinajstić information content (AvgIpc) is 1.91. The quantitative estimate of drug-likeness (QED) is 0.624. The van der Waals surface area contributed by atoms with E-state index in [9.17, 15) is 0 Å². The maximum atomic E-state index is 5.48. The molecule has 0 aromatic carbocycles. The summed E-state index contributed by atoms with van der Waals surface area (Å²) in [6.45, 7) is 0. The number of hydrogen-bond donors (Lipinski definition) is 0. The van der Waals surface area contributed by atoms with Crippen LogP contribution in [0.2, 0.25) is 5.15 Å². The fourth-order valence-corrected chi connectivity index (χ4v) is 1.21. The van der Waals surface area contributed by atoms with Gasteiger partial charge in [0.15, 0.2) is 5.15 Å². The predicted molar refractivity (Wildman–Crippen MR) is 34.8 cm³/mol. The lowest BCUT2D eigenvalue weighted by atomic mass is 11.0. The van der Waals surface area contributed by atoms with E-state index in [2.05, 4.69) is 20.9 Å². The van der Waals surface area contributed by atoms with Gasteiger partial charge in [-0.15, -0.1) is 11.3 Å². The smallest absolute Gasteiger partial charge is 0.154 e. The predicted octanol–water partition coefficient (Wildman–Crippen LogP) is 2.56. The Kier molecular flexibility index (Phi) is 1.67. The molecular formula is C3HBrClNS. The van der Waals surface area contributed by atoms with Crippen LogP contribution in [0.25, 0.3) is 0 Å². The topological polar surface area (TPSA) is 12.9 Å². The van der Waals surface area contributed by atoms with Gasteiger partial charge in [-0.25, -0.2) is 4.98 Å². The summed E-state index contributed by atoms with van der Waals surface area (Å²) in [7, 11) is 0. The third-order valence-electron chi connectivity index (χ3n) is 0.484. The van der Waals surface area contributed by atoms with E-state index in [1.165, 1.54) is 11.3 Å². The molecule has 0 atom stereocenters. The second-order valence-electron chi connectivity index (χ2n) is 0.917. The Morgan fingerprint density at radius 3 is 2.71 bits per heavy atom. The summed E-state index contributed by atoms with van der Waals surface area (Å²) in [4.78, 5) is 3.75. The van der Waals surface area contributed by atoms with Crippen molar-refractivity contribution >= 4 is 38.9 Å². The Morgan fingerprint density at radius 1 is 1.86 bits per heavy atom. The van der Waals surface area contributed by atoms with E-state index in [1.54, 1.807) is 5.51 Å². The van der Waals surface area contributed by atoms with E-state index in [-0.39, 0.29) is 0 Å². The van der Waals surface area contributed by atoms with Crippen molar-refractivity contribution in [3.63, 3.8) is 0 Å². The Morgan fingerprint density at radius 2 is 2.57 bits per heavy atom. The van der Waals surface area contributed by atoms with Crippen LogP contribution in [-0.4, -0.2) is 4.98 Å². The molecule has 0 aliphatic rings. The number of thiazole rings is 1. The SMILES string of the molecule is Clc1ncsc1Br. The van der Waals surface area contributed by atoms with Crippen LogP contribution in [-0.2, 0) is 0 Å². The van der Waals surface area contributed by atoms with Crippen LogP contribution >= 0.6 is 38.9 Å². The van der Waals surface area contributed by atoms with Gasteiger partial charge in [-0.2, -0.15) is 0 Å². The van der Waals surface area contributed by atoms with Gasteiger partial charge in [-0.3, -0.25) is 0 Å². The van der Waals surface area contributed by atoms with Gasteiger partial charge in [0, 0.05) is 0 Å². The van der Waals surface area contributed by atoms with E-state index >= 15 is 0 Å². The van der Waals surface area contributed by atoms with E-state index in [0.717, 1.165) is 3.79 Å². The van der Waals surface area contributed by atoms with Crippen molar-refractivity contribution in [3.05, 3.63) is 14.5 Å². The number of hydrogen-bond acceptors (Lipinski definition) is 2. The summed E-state index contributed by atoms with van der Waals surface area (Å²) < 4.78 is 0.897. The Bertz CT molecular complexity index is 147. The molecule has 1 rings (SSSR count). The first-order chi connectivity index (χ1) is 3.30. The van der Waals surface area contributed by atoms with Gasteiger partial charge in [0.05, 0.1) is 5.51 Å². The van der Waals surface area contributed by atoms with E-state index in [4.69, 9.17) is 11.6 Å². The highest BCUT2D eigenvalue weighted by molar-refractivity contribution is 9.11. The Hall–Kier alpha value is 0.400. The van der Waals surface area contributed by atoms with Gasteiger partial charge >= 0.3 is 0 Å². The molecule has 0 radical (unpaired) electrons. The molecule has 0 aliphatic carbocycles. The Balaban J connectivity index is 3.12. The van der Waals surface area contributed by atoms with E-state index in [0.29, 0.717) is 5.15 Å². The molecule has 0 bridgehead atoms. The average molecular weight is 198 g/mol. The van der Waals surface area contributed by atoms with Gasteiger partial charge in [0.2, 0.25) is 0 Å². The highest BCUT2D eigenvalue weighted by atomic mass is 79.9. The maximum absolute atomic E-state index is 5.48. The lowest BCUT2D eigenvalue weighted by Gasteiger charge is -1.72. The van der Waals surface area contributed by atoms with Crippen molar-refractivity contribution in [1.82, 2.24) is 4.98 Å². The van der Waals surface area contributed by atoms with Crippen LogP contribution in [0.4, 0.5) is 0 Å². The van der Waals surface area contributed by atoms with Crippen LogP contribution < -0.4 is 0 Å². The van der Waals surface area contributed by atoms with Crippen LogP contribution in [0.15, 0.2) is 9.30 Å². The van der Waals surface area contributed by atoms with Crippen LogP contribution in [0.1, 0.15) is 0 Å². The molecule has 0 spiro atoms. The molecule has 1 nitrogen and oxygen atoms in total. The molecule has 0 aliphatic heterocycles. The molecule has 0 N–H and O–H groups in total. The summed E-state index contributed by atoms with van der Waals surface area (Å²) in [5.41, 5.74) is 1.69. The summed E-state index contributed by atoms with van der Waals surface area (Å²) in [6.07, 6.45) is 0. The molecule has 0 saturated heterocycles. The number of aromatic nitrogens is 1. The van der Waals surface area contributed by atoms with Gasteiger partial charge < -0.3 is 0 Å². The lowest BCUT2D eigenvalue weighted by molar-refractivity contribution is 1.41. The molecule has 1 aromatic rings. The first-order valence-electron chi connectivity index (χ1n) is 1.55. The number of rotatable bonds is 0. The van der Waals surface area contributed by atoms with Crippen LogP contribution in [0.3, 0.4) is 0 Å². The standard InChI is InChI=1S/C3HBrClNS/c4-2-3(5)6-1-7-2/h1H. The molecule has 1 aromatic heterocycles. The molecule has 1 heterocycles.